The Labute approximate surface area is 136 Å². The molecule has 22 heavy (non-hydrogen) atoms. The van der Waals surface area contributed by atoms with Gasteiger partial charge in [0.05, 0.1) is 0 Å². The highest BCUT2D eigenvalue weighted by Crippen LogP contribution is 2.28. The fourth-order valence-electron chi connectivity index (χ4n) is 2.46. The van der Waals surface area contributed by atoms with Crippen molar-refractivity contribution in [3.05, 3.63) is 102 Å². The lowest BCUT2D eigenvalue weighted by molar-refractivity contribution is 1.43. The summed E-state index contributed by atoms with van der Waals surface area (Å²) >= 11 is 1.77. The molecule has 0 heterocycles. The molecule has 3 aromatic rings. The second-order valence-corrected chi connectivity index (χ2v) is 5.95. The van der Waals surface area contributed by atoms with Gasteiger partial charge in [-0.15, -0.1) is 11.8 Å². The molecule has 0 aliphatic heterocycles. The zero-order valence-electron chi connectivity index (χ0n) is 12.6. The third kappa shape index (κ3) is 3.49. The third-order valence-corrected chi connectivity index (χ3v) is 4.30. The van der Waals surface area contributed by atoms with Gasteiger partial charge in [0, 0.05) is 4.90 Å². The largest absolute Gasteiger partial charge is 0.130 e. The lowest BCUT2D eigenvalue weighted by Gasteiger charge is -2.10. The lowest BCUT2D eigenvalue weighted by Crippen LogP contribution is -1.88. The molecule has 0 saturated carbocycles. The van der Waals surface area contributed by atoms with Crippen LogP contribution in [-0.4, -0.2) is 6.26 Å². The minimum atomic E-state index is 1.22. The monoisotopic (exact) mass is 302 g/mol. The van der Waals surface area contributed by atoms with Crippen LogP contribution in [0.5, 0.6) is 0 Å². The predicted molar refractivity (Wildman–Crippen MR) is 98.1 cm³/mol. The first-order valence-corrected chi connectivity index (χ1v) is 8.56. The second-order valence-electron chi connectivity index (χ2n) is 5.07. The summed E-state index contributed by atoms with van der Waals surface area (Å²) < 4.78 is 0. The summed E-state index contributed by atoms with van der Waals surface area (Å²) in [5, 5.41) is 0. The fraction of sp³-hybridized carbons (Fsp3) is 0.0476. The van der Waals surface area contributed by atoms with Gasteiger partial charge in [-0.2, -0.15) is 0 Å². The van der Waals surface area contributed by atoms with Crippen LogP contribution in [-0.2, 0) is 0 Å². The zero-order valence-corrected chi connectivity index (χ0v) is 13.4. The van der Waals surface area contributed by atoms with Gasteiger partial charge < -0.3 is 0 Å². The predicted octanol–water partition coefficient (Wildman–Crippen LogP) is 6.00. The maximum atomic E-state index is 2.26. The molecule has 0 unspecified atom stereocenters. The van der Waals surface area contributed by atoms with Crippen molar-refractivity contribution in [2.24, 2.45) is 0 Å². The first-order valence-electron chi connectivity index (χ1n) is 7.33. The third-order valence-electron chi connectivity index (χ3n) is 3.58. The van der Waals surface area contributed by atoms with Crippen molar-refractivity contribution in [2.45, 2.75) is 4.90 Å². The zero-order chi connectivity index (χ0) is 15.2. The van der Waals surface area contributed by atoms with Crippen molar-refractivity contribution >= 4 is 23.4 Å². The normalized spacial score (nSPS) is 11.4. The summed E-state index contributed by atoms with van der Waals surface area (Å²) in [6.45, 7) is 0. The molecular weight excluding hydrogens is 284 g/mol. The SMILES string of the molecule is CSc1cccc(/C(=C/c2ccccc2)c2ccccc2)c1. The van der Waals surface area contributed by atoms with Crippen LogP contribution < -0.4 is 0 Å². The smallest absolute Gasteiger partial charge is 0.00753 e. The van der Waals surface area contributed by atoms with E-state index in [0.29, 0.717) is 0 Å². The van der Waals surface area contributed by atoms with Crippen LogP contribution in [0.4, 0.5) is 0 Å². The molecule has 0 aliphatic carbocycles. The van der Waals surface area contributed by atoms with Crippen LogP contribution in [0.25, 0.3) is 11.6 Å². The summed E-state index contributed by atoms with van der Waals surface area (Å²) in [5.41, 5.74) is 4.96. The molecule has 0 spiro atoms. The van der Waals surface area contributed by atoms with Gasteiger partial charge in [0.2, 0.25) is 0 Å². The Morgan fingerprint density at radius 3 is 2.05 bits per heavy atom. The highest BCUT2D eigenvalue weighted by atomic mass is 32.2. The van der Waals surface area contributed by atoms with Crippen molar-refractivity contribution < 1.29 is 0 Å². The number of rotatable bonds is 4. The Hall–Kier alpha value is -2.25. The van der Waals surface area contributed by atoms with Crippen LogP contribution in [0, 0.1) is 0 Å². The van der Waals surface area contributed by atoms with Crippen LogP contribution in [0.2, 0.25) is 0 Å². The van der Waals surface area contributed by atoms with Crippen molar-refractivity contribution in [1.29, 1.82) is 0 Å². The molecular formula is C21H18S. The van der Waals surface area contributed by atoms with Gasteiger partial charge in [-0.25, -0.2) is 0 Å². The van der Waals surface area contributed by atoms with E-state index in [0.717, 1.165) is 0 Å². The maximum absolute atomic E-state index is 2.26. The average molecular weight is 302 g/mol. The standard InChI is InChI=1S/C21H18S/c1-22-20-14-8-13-19(16-20)21(18-11-6-3-7-12-18)15-17-9-4-2-5-10-17/h2-16H,1H3/b21-15+. The Morgan fingerprint density at radius 1 is 0.727 bits per heavy atom. The maximum Gasteiger partial charge on any atom is 0.00753 e. The molecule has 0 N–H and O–H groups in total. The van der Waals surface area contributed by atoms with Gasteiger partial charge in [-0.1, -0.05) is 72.8 Å². The molecule has 0 aromatic heterocycles. The number of hydrogen-bond donors (Lipinski definition) is 0. The summed E-state index contributed by atoms with van der Waals surface area (Å²) in [4.78, 5) is 1.28. The van der Waals surface area contributed by atoms with E-state index in [1.165, 1.54) is 27.2 Å². The van der Waals surface area contributed by atoms with Gasteiger partial charge in [-0.3, -0.25) is 0 Å². The highest BCUT2D eigenvalue weighted by Gasteiger charge is 2.06. The Morgan fingerprint density at radius 2 is 1.36 bits per heavy atom. The molecule has 0 radical (unpaired) electrons. The molecule has 3 rings (SSSR count). The second kappa shape index (κ2) is 7.15. The van der Waals surface area contributed by atoms with Crippen molar-refractivity contribution in [3.8, 4) is 0 Å². The molecule has 3 aromatic carbocycles. The van der Waals surface area contributed by atoms with Gasteiger partial charge >= 0.3 is 0 Å². The molecule has 0 atom stereocenters. The number of benzene rings is 3. The Kier molecular flexibility index (Phi) is 4.77. The van der Waals surface area contributed by atoms with E-state index in [4.69, 9.17) is 0 Å². The summed E-state index contributed by atoms with van der Waals surface area (Å²) in [6.07, 6.45) is 4.37. The van der Waals surface area contributed by atoms with E-state index in [9.17, 15) is 0 Å². The van der Waals surface area contributed by atoms with E-state index in [-0.39, 0.29) is 0 Å². The lowest BCUT2D eigenvalue weighted by atomic mass is 9.96. The molecule has 1 heteroatoms. The van der Waals surface area contributed by atoms with Crippen molar-refractivity contribution in [3.63, 3.8) is 0 Å². The Bertz CT molecular complexity index is 758. The summed E-state index contributed by atoms with van der Waals surface area (Å²) in [5.74, 6) is 0. The quantitative estimate of drug-likeness (QED) is 0.421. The van der Waals surface area contributed by atoms with Crippen LogP contribution >= 0.6 is 11.8 Å². The van der Waals surface area contributed by atoms with E-state index in [1.54, 1.807) is 11.8 Å². The topological polar surface area (TPSA) is 0 Å². The first kappa shape index (κ1) is 14.7. The van der Waals surface area contributed by atoms with Gasteiger partial charge in [0.15, 0.2) is 0 Å². The highest BCUT2D eigenvalue weighted by molar-refractivity contribution is 7.98. The molecule has 0 saturated heterocycles. The first-order chi connectivity index (χ1) is 10.9. The van der Waals surface area contributed by atoms with Gasteiger partial charge in [0.1, 0.15) is 0 Å². The van der Waals surface area contributed by atoms with Crippen LogP contribution in [0.1, 0.15) is 16.7 Å². The van der Waals surface area contributed by atoms with E-state index in [1.807, 2.05) is 6.07 Å². The molecule has 0 aliphatic rings. The molecule has 0 bridgehead atoms. The number of hydrogen-bond acceptors (Lipinski definition) is 1. The number of thioether (sulfide) groups is 1. The van der Waals surface area contributed by atoms with Crippen molar-refractivity contribution in [2.75, 3.05) is 6.26 Å². The van der Waals surface area contributed by atoms with Crippen LogP contribution in [0.15, 0.2) is 89.8 Å². The summed E-state index contributed by atoms with van der Waals surface area (Å²) in [6, 6.07) is 29.8. The Balaban J connectivity index is 2.13. The summed E-state index contributed by atoms with van der Waals surface area (Å²) in [7, 11) is 0. The fourth-order valence-corrected chi connectivity index (χ4v) is 2.92. The molecule has 0 fully saturated rings. The van der Waals surface area contributed by atoms with Gasteiger partial charge in [0.25, 0.3) is 0 Å². The van der Waals surface area contributed by atoms with E-state index >= 15 is 0 Å². The molecule has 0 nitrogen and oxygen atoms in total. The van der Waals surface area contributed by atoms with Crippen LogP contribution in [0.3, 0.4) is 0 Å². The minimum Gasteiger partial charge on any atom is -0.130 e. The molecule has 0 amide bonds. The van der Waals surface area contributed by atoms with Gasteiger partial charge in [-0.05, 0) is 46.7 Å². The average Bonchev–Trinajstić information content (AvgIpc) is 2.61. The van der Waals surface area contributed by atoms with Crippen molar-refractivity contribution in [1.82, 2.24) is 0 Å². The molecule has 108 valence electrons. The minimum absolute atomic E-state index is 1.22. The van der Waals surface area contributed by atoms with E-state index < -0.39 is 0 Å². The van der Waals surface area contributed by atoms with E-state index in [2.05, 4.69) is 91.2 Å².